The van der Waals surface area contributed by atoms with Gasteiger partial charge in [0.2, 0.25) is 10.0 Å². The Balaban J connectivity index is 1.61. The Labute approximate surface area is 179 Å². The summed E-state index contributed by atoms with van der Waals surface area (Å²) in [5.41, 5.74) is 0.225. The molecule has 0 aliphatic carbocycles. The fraction of sp³-hybridized carbons (Fsp3) is 0.350. The number of nitrogens with zero attached hydrogens (tertiary/aromatic N) is 1. The first-order chi connectivity index (χ1) is 14.2. The quantitative estimate of drug-likeness (QED) is 0.627. The highest BCUT2D eigenvalue weighted by Crippen LogP contribution is 2.30. The summed E-state index contributed by atoms with van der Waals surface area (Å²) in [5.74, 6) is 0. The molecule has 2 aromatic carbocycles. The third-order valence-electron chi connectivity index (χ3n) is 4.79. The van der Waals surface area contributed by atoms with Crippen molar-refractivity contribution in [2.75, 3.05) is 23.7 Å². The fourth-order valence-electron chi connectivity index (χ4n) is 3.18. The van der Waals surface area contributed by atoms with Gasteiger partial charge in [0.15, 0.2) is 5.11 Å². The van der Waals surface area contributed by atoms with Crippen LogP contribution in [0.4, 0.5) is 24.5 Å². The predicted molar refractivity (Wildman–Crippen MR) is 115 cm³/mol. The van der Waals surface area contributed by atoms with Crippen LogP contribution in [0.1, 0.15) is 31.2 Å². The lowest BCUT2D eigenvalue weighted by Crippen LogP contribution is -2.31. The van der Waals surface area contributed by atoms with Crippen molar-refractivity contribution in [2.45, 2.75) is 36.8 Å². The van der Waals surface area contributed by atoms with E-state index in [4.69, 9.17) is 12.2 Å². The second kappa shape index (κ2) is 9.32. The third kappa shape index (κ3) is 5.71. The molecule has 30 heavy (non-hydrogen) atoms. The van der Waals surface area contributed by atoms with Crippen molar-refractivity contribution in [1.82, 2.24) is 4.31 Å². The molecule has 0 amide bonds. The molecular weight excluding hydrogens is 435 g/mol. The van der Waals surface area contributed by atoms with Gasteiger partial charge in [-0.15, -0.1) is 0 Å². The SMILES string of the molecule is O=S(=O)(c1ccc(NC(=S)Nc2ccc(C(F)(F)F)cc2)cc1)N1CCCCCC1. The minimum absolute atomic E-state index is 0.179. The summed E-state index contributed by atoms with van der Waals surface area (Å²) < 4.78 is 65.0. The van der Waals surface area contributed by atoms with Gasteiger partial charge in [0.25, 0.3) is 0 Å². The van der Waals surface area contributed by atoms with E-state index < -0.39 is 21.8 Å². The summed E-state index contributed by atoms with van der Waals surface area (Å²) in [6.07, 6.45) is -0.589. The van der Waals surface area contributed by atoms with E-state index in [2.05, 4.69) is 10.6 Å². The van der Waals surface area contributed by atoms with Crippen LogP contribution >= 0.6 is 12.2 Å². The summed E-state index contributed by atoms with van der Waals surface area (Å²) in [6.45, 7) is 1.06. The molecule has 1 aliphatic rings. The molecule has 162 valence electrons. The number of hydrogen-bond acceptors (Lipinski definition) is 3. The third-order valence-corrected chi connectivity index (χ3v) is 6.90. The number of sulfonamides is 1. The predicted octanol–water partition coefficient (Wildman–Crippen LogP) is 5.08. The minimum atomic E-state index is -4.40. The zero-order valence-corrected chi connectivity index (χ0v) is 17.7. The Bertz CT molecular complexity index is 968. The van der Waals surface area contributed by atoms with Crippen LogP contribution in [0.3, 0.4) is 0 Å². The smallest absolute Gasteiger partial charge is 0.332 e. The van der Waals surface area contributed by atoms with E-state index in [0.717, 1.165) is 37.8 Å². The van der Waals surface area contributed by atoms with Crippen molar-refractivity contribution >= 4 is 38.7 Å². The summed E-state index contributed by atoms with van der Waals surface area (Å²) in [4.78, 5) is 0.219. The van der Waals surface area contributed by atoms with Crippen LogP contribution < -0.4 is 10.6 Å². The highest BCUT2D eigenvalue weighted by Gasteiger charge is 2.30. The topological polar surface area (TPSA) is 61.4 Å². The molecule has 1 saturated heterocycles. The van der Waals surface area contributed by atoms with E-state index in [1.54, 1.807) is 12.1 Å². The Hall–Kier alpha value is -2.17. The van der Waals surface area contributed by atoms with Gasteiger partial charge in [-0.3, -0.25) is 0 Å². The van der Waals surface area contributed by atoms with Gasteiger partial charge in [-0.1, -0.05) is 12.8 Å². The van der Waals surface area contributed by atoms with Gasteiger partial charge in [0, 0.05) is 24.5 Å². The second-order valence-corrected chi connectivity index (χ2v) is 9.34. The van der Waals surface area contributed by atoms with Gasteiger partial charge in [0.1, 0.15) is 0 Å². The average Bonchev–Trinajstić information content (AvgIpc) is 2.98. The lowest BCUT2D eigenvalue weighted by Gasteiger charge is -2.20. The van der Waals surface area contributed by atoms with E-state index in [1.807, 2.05) is 0 Å². The number of anilines is 2. The van der Waals surface area contributed by atoms with E-state index in [1.165, 1.54) is 28.6 Å². The molecule has 10 heteroatoms. The molecule has 2 N–H and O–H groups in total. The molecule has 0 spiro atoms. The highest BCUT2D eigenvalue weighted by atomic mass is 32.2. The van der Waals surface area contributed by atoms with Crippen LogP contribution in [0, 0.1) is 0 Å². The van der Waals surface area contributed by atoms with E-state index >= 15 is 0 Å². The van der Waals surface area contributed by atoms with Crippen LogP contribution in [0.5, 0.6) is 0 Å². The van der Waals surface area contributed by atoms with Crippen molar-refractivity contribution in [1.29, 1.82) is 0 Å². The minimum Gasteiger partial charge on any atom is -0.332 e. The molecule has 0 saturated carbocycles. The standard InChI is InChI=1S/C20H22F3N3O2S2/c21-20(22,23)15-5-7-16(8-6-15)24-19(29)25-17-9-11-18(12-10-17)30(27,28)26-13-3-1-2-4-14-26/h5-12H,1-4,13-14H2,(H2,24,25,29). The lowest BCUT2D eigenvalue weighted by molar-refractivity contribution is -0.137. The number of alkyl halides is 3. The van der Waals surface area contributed by atoms with Gasteiger partial charge >= 0.3 is 6.18 Å². The second-order valence-electron chi connectivity index (χ2n) is 7.00. The Kier molecular flexibility index (Phi) is 6.99. The number of rotatable bonds is 4. The van der Waals surface area contributed by atoms with Crippen LogP contribution in [0.15, 0.2) is 53.4 Å². The monoisotopic (exact) mass is 457 g/mol. The molecule has 2 aromatic rings. The molecule has 1 heterocycles. The number of halogens is 3. The fourth-order valence-corrected chi connectivity index (χ4v) is 4.93. The summed E-state index contributed by atoms with van der Waals surface area (Å²) in [7, 11) is -3.53. The van der Waals surface area contributed by atoms with Crippen molar-refractivity contribution in [3.05, 3.63) is 54.1 Å². The molecule has 1 aliphatic heterocycles. The average molecular weight is 458 g/mol. The van der Waals surface area contributed by atoms with Crippen molar-refractivity contribution in [3.8, 4) is 0 Å². The number of nitrogens with one attached hydrogen (secondary N) is 2. The van der Waals surface area contributed by atoms with E-state index in [-0.39, 0.29) is 10.0 Å². The molecule has 0 aromatic heterocycles. The van der Waals surface area contributed by atoms with Crippen LogP contribution in [0.25, 0.3) is 0 Å². The van der Waals surface area contributed by atoms with Gasteiger partial charge in [0.05, 0.1) is 10.5 Å². The van der Waals surface area contributed by atoms with Crippen LogP contribution in [-0.2, 0) is 16.2 Å². The van der Waals surface area contributed by atoms with Crippen LogP contribution in [-0.4, -0.2) is 30.9 Å². The van der Waals surface area contributed by atoms with Crippen molar-refractivity contribution < 1.29 is 21.6 Å². The van der Waals surface area contributed by atoms with Gasteiger partial charge < -0.3 is 10.6 Å². The summed E-state index contributed by atoms with van der Waals surface area (Å²) in [6, 6.07) is 10.7. The van der Waals surface area contributed by atoms with Crippen molar-refractivity contribution in [3.63, 3.8) is 0 Å². The first kappa shape index (κ1) is 22.5. The molecule has 0 atom stereocenters. The zero-order chi connectivity index (χ0) is 21.8. The Morgan fingerprint density at radius 2 is 1.30 bits per heavy atom. The van der Waals surface area contributed by atoms with Gasteiger partial charge in [-0.2, -0.15) is 17.5 Å². The molecule has 5 nitrogen and oxygen atoms in total. The molecule has 0 radical (unpaired) electrons. The highest BCUT2D eigenvalue weighted by molar-refractivity contribution is 7.89. The largest absolute Gasteiger partial charge is 0.416 e. The zero-order valence-electron chi connectivity index (χ0n) is 16.1. The molecule has 3 rings (SSSR count). The molecular formula is C20H22F3N3O2S2. The summed E-state index contributed by atoms with van der Waals surface area (Å²) >= 11 is 5.18. The maximum Gasteiger partial charge on any atom is 0.416 e. The normalized spacial score (nSPS) is 16.0. The number of hydrogen-bond donors (Lipinski definition) is 2. The van der Waals surface area contributed by atoms with Crippen LogP contribution in [0.2, 0.25) is 0 Å². The summed E-state index contributed by atoms with van der Waals surface area (Å²) in [5, 5.41) is 5.87. The number of thiocarbonyl (C=S) groups is 1. The molecule has 1 fully saturated rings. The van der Waals surface area contributed by atoms with Crippen molar-refractivity contribution in [2.24, 2.45) is 0 Å². The van der Waals surface area contributed by atoms with Gasteiger partial charge in [-0.25, -0.2) is 8.42 Å². The van der Waals surface area contributed by atoms with E-state index in [9.17, 15) is 21.6 Å². The first-order valence-electron chi connectivity index (χ1n) is 9.52. The molecule has 0 unspecified atom stereocenters. The maximum absolute atomic E-state index is 12.8. The Morgan fingerprint density at radius 3 is 1.77 bits per heavy atom. The molecule has 0 bridgehead atoms. The Morgan fingerprint density at radius 1 is 0.833 bits per heavy atom. The van der Waals surface area contributed by atoms with E-state index in [0.29, 0.717) is 24.5 Å². The lowest BCUT2D eigenvalue weighted by atomic mass is 10.2. The first-order valence-corrected chi connectivity index (χ1v) is 11.4. The maximum atomic E-state index is 12.8. The van der Waals surface area contributed by atoms with Gasteiger partial charge in [-0.05, 0) is 73.6 Å². The number of benzene rings is 2.